The SMILES string of the molecule is CC(=O)Nc1ccnc(C(=O)O)c1Cl. The number of carbonyl (C=O) groups is 2. The van der Waals surface area contributed by atoms with Crippen LogP contribution in [-0.2, 0) is 4.79 Å². The number of anilines is 1. The molecule has 0 unspecified atom stereocenters. The van der Waals surface area contributed by atoms with Gasteiger partial charge in [0.2, 0.25) is 5.91 Å². The fraction of sp³-hybridized carbons (Fsp3) is 0.125. The Kier molecular flexibility index (Phi) is 3.03. The van der Waals surface area contributed by atoms with Crippen molar-refractivity contribution in [1.29, 1.82) is 0 Å². The minimum atomic E-state index is -1.23. The van der Waals surface area contributed by atoms with E-state index in [1.807, 2.05) is 0 Å². The third-order valence-corrected chi connectivity index (χ3v) is 1.79. The maximum atomic E-state index is 10.7. The van der Waals surface area contributed by atoms with Crippen molar-refractivity contribution >= 4 is 29.2 Å². The first-order valence-corrected chi connectivity index (χ1v) is 4.05. The van der Waals surface area contributed by atoms with Crippen molar-refractivity contribution in [3.05, 3.63) is 23.0 Å². The van der Waals surface area contributed by atoms with E-state index in [1.165, 1.54) is 19.2 Å². The number of carbonyl (C=O) groups excluding carboxylic acids is 1. The molecule has 0 saturated carbocycles. The number of rotatable bonds is 2. The number of carboxylic acid groups (broad SMARTS) is 1. The number of amides is 1. The van der Waals surface area contributed by atoms with Crippen molar-refractivity contribution in [2.45, 2.75) is 6.92 Å². The number of aromatic carboxylic acids is 1. The summed E-state index contributed by atoms with van der Waals surface area (Å²) in [5, 5.41) is 11.0. The molecule has 6 heteroatoms. The molecular weight excluding hydrogens is 208 g/mol. The van der Waals surface area contributed by atoms with Gasteiger partial charge >= 0.3 is 5.97 Å². The van der Waals surface area contributed by atoms with Crippen LogP contribution in [0.1, 0.15) is 17.4 Å². The van der Waals surface area contributed by atoms with Crippen LogP contribution in [0.2, 0.25) is 5.02 Å². The molecule has 0 bridgehead atoms. The van der Waals surface area contributed by atoms with Gasteiger partial charge in [0.15, 0.2) is 5.69 Å². The summed E-state index contributed by atoms with van der Waals surface area (Å²) in [5.41, 5.74) is -0.0375. The van der Waals surface area contributed by atoms with E-state index in [9.17, 15) is 9.59 Å². The number of aromatic nitrogens is 1. The first kappa shape index (κ1) is 10.5. The van der Waals surface area contributed by atoms with Crippen LogP contribution in [0.15, 0.2) is 12.3 Å². The topological polar surface area (TPSA) is 79.3 Å². The van der Waals surface area contributed by atoms with Crippen LogP contribution in [0, 0.1) is 0 Å². The molecule has 0 fully saturated rings. The molecule has 0 aliphatic carbocycles. The summed E-state index contributed by atoms with van der Waals surface area (Å²) < 4.78 is 0. The number of halogens is 1. The Labute approximate surface area is 84.7 Å². The molecule has 1 heterocycles. The maximum Gasteiger partial charge on any atom is 0.356 e. The summed E-state index contributed by atoms with van der Waals surface area (Å²) in [5.74, 6) is -1.56. The molecule has 0 aliphatic rings. The molecule has 0 aliphatic heterocycles. The molecule has 1 rings (SSSR count). The predicted octanol–water partition coefficient (Wildman–Crippen LogP) is 1.39. The van der Waals surface area contributed by atoms with Crippen molar-refractivity contribution in [2.75, 3.05) is 5.32 Å². The van der Waals surface area contributed by atoms with Gasteiger partial charge in [0.05, 0.1) is 10.7 Å². The molecule has 2 N–H and O–H groups in total. The summed E-state index contributed by atoms with van der Waals surface area (Å²) in [6, 6.07) is 1.43. The molecule has 0 spiro atoms. The lowest BCUT2D eigenvalue weighted by molar-refractivity contribution is -0.114. The van der Waals surface area contributed by atoms with Gasteiger partial charge in [-0.3, -0.25) is 4.79 Å². The van der Waals surface area contributed by atoms with Crippen molar-refractivity contribution in [1.82, 2.24) is 4.98 Å². The minimum absolute atomic E-state index is 0.0739. The van der Waals surface area contributed by atoms with Crippen LogP contribution in [0.5, 0.6) is 0 Å². The quantitative estimate of drug-likeness (QED) is 0.780. The number of nitrogens with one attached hydrogen (secondary N) is 1. The molecule has 1 aromatic rings. The number of pyridine rings is 1. The van der Waals surface area contributed by atoms with E-state index in [0.717, 1.165) is 0 Å². The van der Waals surface area contributed by atoms with Gasteiger partial charge < -0.3 is 10.4 Å². The second-order valence-electron chi connectivity index (χ2n) is 2.51. The fourth-order valence-corrected chi connectivity index (χ4v) is 1.12. The first-order chi connectivity index (χ1) is 6.52. The third kappa shape index (κ3) is 2.20. The Balaban J connectivity index is 3.13. The largest absolute Gasteiger partial charge is 0.476 e. The van der Waals surface area contributed by atoms with E-state index in [4.69, 9.17) is 16.7 Å². The Morgan fingerprint density at radius 3 is 2.71 bits per heavy atom. The molecule has 5 nitrogen and oxygen atoms in total. The van der Waals surface area contributed by atoms with Crippen molar-refractivity contribution in [3.63, 3.8) is 0 Å². The number of hydrogen-bond donors (Lipinski definition) is 2. The summed E-state index contributed by atoms with van der Waals surface area (Å²) in [6.07, 6.45) is 1.26. The molecule has 0 saturated heterocycles. The summed E-state index contributed by atoms with van der Waals surface area (Å²) in [4.78, 5) is 24.9. The van der Waals surface area contributed by atoms with Crippen LogP contribution < -0.4 is 5.32 Å². The summed E-state index contributed by atoms with van der Waals surface area (Å²) in [7, 11) is 0. The van der Waals surface area contributed by atoms with E-state index in [0.29, 0.717) is 0 Å². The zero-order valence-electron chi connectivity index (χ0n) is 7.24. The second kappa shape index (κ2) is 4.06. The predicted molar refractivity (Wildman–Crippen MR) is 50.5 cm³/mol. The van der Waals surface area contributed by atoms with Crippen LogP contribution >= 0.6 is 11.6 Å². The minimum Gasteiger partial charge on any atom is -0.476 e. The average molecular weight is 215 g/mol. The van der Waals surface area contributed by atoms with Gasteiger partial charge in [0, 0.05) is 13.1 Å². The summed E-state index contributed by atoms with van der Waals surface area (Å²) >= 11 is 5.69. The molecule has 14 heavy (non-hydrogen) atoms. The average Bonchev–Trinajstić information content (AvgIpc) is 2.07. The number of nitrogens with zero attached hydrogens (tertiary/aromatic N) is 1. The third-order valence-electron chi connectivity index (χ3n) is 1.40. The number of hydrogen-bond acceptors (Lipinski definition) is 3. The van der Waals surface area contributed by atoms with Crippen molar-refractivity contribution in [2.24, 2.45) is 0 Å². The molecule has 74 valence electrons. The first-order valence-electron chi connectivity index (χ1n) is 3.67. The molecule has 0 radical (unpaired) electrons. The van der Waals surface area contributed by atoms with E-state index < -0.39 is 5.97 Å². The van der Waals surface area contributed by atoms with Crippen LogP contribution in [0.3, 0.4) is 0 Å². The summed E-state index contributed by atoms with van der Waals surface area (Å²) in [6.45, 7) is 1.30. The van der Waals surface area contributed by atoms with E-state index in [-0.39, 0.29) is 22.3 Å². The lowest BCUT2D eigenvalue weighted by atomic mass is 10.3. The highest BCUT2D eigenvalue weighted by Gasteiger charge is 2.13. The Morgan fingerprint density at radius 1 is 1.57 bits per heavy atom. The van der Waals surface area contributed by atoms with E-state index >= 15 is 0 Å². The maximum absolute atomic E-state index is 10.7. The van der Waals surface area contributed by atoms with E-state index in [2.05, 4.69) is 10.3 Å². The molecule has 0 aromatic carbocycles. The zero-order valence-corrected chi connectivity index (χ0v) is 8.00. The van der Waals surface area contributed by atoms with Crippen LogP contribution in [-0.4, -0.2) is 22.0 Å². The Hall–Kier alpha value is -1.62. The smallest absolute Gasteiger partial charge is 0.356 e. The van der Waals surface area contributed by atoms with Gasteiger partial charge in [-0.2, -0.15) is 0 Å². The van der Waals surface area contributed by atoms with Gasteiger partial charge in [-0.05, 0) is 6.07 Å². The normalized spacial score (nSPS) is 9.57. The van der Waals surface area contributed by atoms with Crippen molar-refractivity contribution in [3.8, 4) is 0 Å². The standard InChI is InChI=1S/C8H7ClN2O3/c1-4(12)11-5-2-3-10-7(6(5)9)8(13)14/h2-3H,1H3,(H,13,14)(H,10,11,12). The lowest BCUT2D eigenvalue weighted by Crippen LogP contribution is -2.09. The van der Waals surface area contributed by atoms with Gasteiger partial charge in [-0.25, -0.2) is 9.78 Å². The van der Waals surface area contributed by atoms with Gasteiger partial charge in [0.25, 0.3) is 0 Å². The zero-order chi connectivity index (χ0) is 10.7. The van der Waals surface area contributed by atoms with E-state index in [1.54, 1.807) is 0 Å². The highest BCUT2D eigenvalue weighted by Crippen LogP contribution is 2.23. The fourth-order valence-electron chi connectivity index (χ4n) is 0.879. The Morgan fingerprint density at radius 2 is 2.21 bits per heavy atom. The second-order valence-corrected chi connectivity index (χ2v) is 2.89. The van der Waals surface area contributed by atoms with Gasteiger partial charge in [0.1, 0.15) is 0 Å². The molecule has 1 aromatic heterocycles. The highest BCUT2D eigenvalue weighted by atomic mass is 35.5. The monoisotopic (exact) mass is 214 g/mol. The van der Waals surface area contributed by atoms with Gasteiger partial charge in [-0.15, -0.1) is 0 Å². The van der Waals surface area contributed by atoms with Gasteiger partial charge in [-0.1, -0.05) is 11.6 Å². The van der Waals surface area contributed by atoms with Crippen LogP contribution in [0.25, 0.3) is 0 Å². The molecular formula is C8H7ClN2O3. The molecule has 1 amide bonds. The highest BCUT2D eigenvalue weighted by molar-refractivity contribution is 6.36. The molecule has 0 atom stereocenters. The van der Waals surface area contributed by atoms with Crippen molar-refractivity contribution < 1.29 is 14.7 Å². The Bertz CT molecular complexity index is 392. The van der Waals surface area contributed by atoms with Crippen LogP contribution in [0.4, 0.5) is 5.69 Å². The lowest BCUT2D eigenvalue weighted by Gasteiger charge is -2.05. The number of carboxylic acids is 1.